The predicted octanol–water partition coefficient (Wildman–Crippen LogP) is 2.82. The van der Waals surface area contributed by atoms with E-state index < -0.39 is 0 Å². The quantitative estimate of drug-likeness (QED) is 0.768. The first-order valence-corrected chi connectivity index (χ1v) is 6.18. The van der Waals surface area contributed by atoms with Crippen LogP contribution in [-0.4, -0.2) is 27.5 Å². The van der Waals surface area contributed by atoms with E-state index in [0.29, 0.717) is 11.4 Å². The molecule has 6 nitrogen and oxygen atoms in total. The lowest BCUT2D eigenvalue weighted by Gasteiger charge is -2.00. The molecule has 106 valence electrons. The van der Waals surface area contributed by atoms with Gasteiger partial charge in [-0.3, -0.25) is 0 Å². The molecule has 0 radical (unpaired) electrons. The van der Waals surface area contributed by atoms with Crippen LogP contribution in [0.4, 0.5) is 0 Å². The van der Waals surface area contributed by atoms with Crippen molar-refractivity contribution in [3.63, 3.8) is 0 Å². The van der Waals surface area contributed by atoms with E-state index >= 15 is 0 Å². The Morgan fingerprint density at radius 2 is 1.81 bits per heavy atom. The molecule has 0 spiro atoms. The third-order valence-corrected chi connectivity index (χ3v) is 2.99. The molecule has 0 saturated heterocycles. The van der Waals surface area contributed by atoms with Crippen LogP contribution in [0.3, 0.4) is 0 Å². The highest BCUT2D eigenvalue weighted by molar-refractivity contribution is 5.66. The number of benzene rings is 2. The van der Waals surface area contributed by atoms with Crippen LogP contribution in [0.25, 0.3) is 22.8 Å². The van der Waals surface area contributed by atoms with Crippen LogP contribution < -0.4 is 4.74 Å². The van der Waals surface area contributed by atoms with Gasteiger partial charge in [0.1, 0.15) is 17.2 Å². The van der Waals surface area contributed by atoms with Gasteiger partial charge >= 0.3 is 0 Å². The Bertz CT molecular complexity index is 766. The second-order valence-electron chi connectivity index (χ2n) is 4.35. The van der Waals surface area contributed by atoms with Crippen molar-refractivity contribution >= 4 is 0 Å². The van der Waals surface area contributed by atoms with Crippen molar-refractivity contribution in [3.8, 4) is 40.1 Å². The molecule has 3 rings (SSSR count). The minimum absolute atomic E-state index is 0.0360. The average molecular weight is 284 g/mol. The number of aromatic nitrogens is 2. The molecule has 21 heavy (non-hydrogen) atoms. The first kappa shape index (κ1) is 13.0. The van der Waals surface area contributed by atoms with Crippen molar-refractivity contribution in [2.24, 2.45) is 0 Å². The van der Waals surface area contributed by atoms with Gasteiger partial charge in [0.25, 0.3) is 5.89 Å². The maximum atomic E-state index is 9.79. The molecule has 0 fully saturated rings. The van der Waals surface area contributed by atoms with Gasteiger partial charge < -0.3 is 19.5 Å². The SMILES string of the molecule is COc1ccc(-c2noc(-c3ccc(O)cc3O)n2)cc1. The molecule has 0 atom stereocenters. The zero-order valence-corrected chi connectivity index (χ0v) is 11.1. The number of methoxy groups -OCH3 is 1. The average Bonchev–Trinajstić information content (AvgIpc) is 2.97. The van der Waals surface area contributed by atoms with Crippen molar-refractivity contribution in [1.82, 2.24) is 10.1 Å². The standard InChI is InChI=1S/C15H12N2O4/c1-20-11-5-2-9(3-6-11)14-16-15(21-17-14)12-7-4-10(18)8-13(12)19/h2-8,18-19H,1H3. The van der Waals surface area contributed by atoms with Gasteiger partial charge in [0.15, 0.2) is 0 Å². The molecule has 2 aromatic carbocycles. The summed E-state index contributed by atoms with van der Waals surface area (Å²) in [5.74, 6) is 1.16. The first-order valence-electron chi connectivity index (χ1n) is 6.18. The van der Waals surface area contributed by atoms with Crippen LogP contribution in [-0.2, 0) is 0 Å². The minimum atomic E-state index is -0.125. The van der Waals surface area contributed by atoms with Crippen LogP contribution in [0.15, 0.2) is 47.0 Å². The maximum absolute atomic E-state index is 9.79. The fourth-order valence-corrected chi connectivity index (χ4v) is 1.89. The molecular formula is C15H12N2O4. The summed E-state index contributed by atoms with van der Waals surface area (Å²) < 4.78 is 10.2. The first-order chi connectivity index (χ1) is 10.2. The number of rotatable bonds is 3. The molecule has 1 aromatic heterocycles. The number of ether oxygens (including phenoxy) is 1. The van der Waals surface area contributed by atoms with Gasteiger partial charge in [0.05, 0.1) is 12.7 Å². The van der Waals surface area contributed by atoms with E-state index in [2.05, 4.69) is 10.1 Å². The summed E-state index contributed by atoms with van der Waals surface area (Å²) in [6.07, 6.45) is 0. The normalized spacial score (nSPS) is 10.5. The summed E-state index contributed by atoms with van der Waals surface area (Å²) in [5.41, 5.74) is 1.13. The second-order valence-corrected chi connectivity index (χ2v) is 4.35. The van der Waals surface area contributed by atoms with Gasteiger partial charge in [-0.1, -0.05) is 5.16 Å². The van der Waals surface area contributed by atoms with Crippen LogP contribution in [0, 0.1) is 0 Å². The monoisotopic (exact) mass is 284 g/mol. The summed E-state index contributed by atoms with van der Waals surface area (Å²) in [5, 5.41) is 22.9. The van der Waals surface area contributed by atoms with Crippen LogP contribution in [0.2, 0.25) is 0 Å². The Kier molecular flexibility index (Phi) is 3.19. The van der Waals surface area contributed by atoms with Gasteiger partial charge in [-0.05, 0) is 36.4 Å². The van der Waals surface area contributed by atoms with E-state index in [1.54, 1.807) is 19.2 Å². The third-order valence-electron chi connectivity index (χ3n) is 2.99. The molecule has 6 heteroatoms. The van der Waals surface area contributed by atoms with Crippen molar-refractivity contribution in [3.05, 3.63) is 42.5 Å². The van der Waals surface area contributed by atoms with Crippen molar-refractivity contribution in [2.45, 2.75) is 0 Å². The van der Waals surface area contributed by atoms with Crippen LogP contribution in [0.5, 0.6) is 17.2 Å². The Labute approximate surface area is 120 Å². The zero-order valence-electron chi connectivity index (χ0n) is 11.1. The summed E-state index contributed by atoms with van der Waals surface area (Å²) in [6, 6.07) is 11.4. The summed E-state index contributed by atoms with van der Waals surface area (Å²) in [4.78, 5) is 4.24. The lowest BCUT2D eigenvalue weighted by molar-refractivity contribution is 0.414. The summed E-state index contributed by atoms with van der Waals surface area (Å²) in [7, 11) is 1.59. The lowest BCUT2D eigenvalue weighted by atomic mass is 10.2. The molecule has 1 heterocycles. The fourth-order valence-electron chi connectivity index (χ4n) is 1.89. The Morgan fingerprint density at radius 3 is 2.48 bits per heavy atom. The van der Waals surface area contributed by atoms with E-state index in [1.165, 1.54) is 18.2 Å². The molecule has 2 N–H and O–H groups in total. The number of aromatic hydroxyl groups is 2. The molecule has 0 bridgehead atoms. The number of phenolic OH excluding ortho intramolecular Hbond substituents is 2. The second kappa shape index (κ2) is 5.16. The molecule has 0 aliphatic carbocycles. The third kappa shape index (κ3) is 2.51. The molecule has 0 amide bonds. The number of nitrogens with zero attached hydrogens (tertiary/aromatic N) is 2. The van der Waals surface area contributed by atoms with Crippen molar-refractivity contribution in [2.75, 3.05) is 7.11 Å². The van der Waals surface area contributed by atoms with Gasteiger partial charge in [0, 0.05) is 11.6 Å². The summed E-state index contributed by atoms with van der Waals surface area (Å²) in [6.45, 7) is 0. The molecule has 0 saturated carbocycles. The molecular weight excluding hydrogens is 272 g/mol. The number of hydrogen-bond donors (Lipinski definition) is 2. The number of hydrogen-bond acceptors (Lipinski definition) is 6. The van der Waals surface area contributed by atoms with Crippen molar-refractivity contribution < 1.29 is 19.5 Å². The van der Waals surface area contributed by atoms with Crippen LogP contribution in [0.1, 0.15) is 0 Å². The van der Waals surface area contributed by atoms with Crippen molar-refractivity contribution in [1.29, 1.82) is 0 Å². The van der Waals surface area contributed by atoms with Crippen LogP contribution >= 0.6 is 0 Å². The van der Waals surface area contributed by atoms with Gasteiger partial charge in [-0.15, -0.1) is 0 Å². The van der Waals surface area contributed by atoms with E-state index in [0.717, 1.165) is 11.3 Å². The van der Waals surface area contributed by atoms with Gasteiger partial charge in [-0.2, -0.15) is 4.98 Å². The Morgan fingerprint density at radius 1 is 1.05 bits per heavy atom. The highest BCUT2D eigenvalue weighted by Crippen LogP contribution is 2.32. The largest absolute Gasteiger partial charge is 0.508 e. The smallest absolute Gasteiger partial charge is 0.262 e. The predicted molar refractivity (Wildman–Crippen MR) is 75.1 cm³/mol. The molecule has 0 aliphatic heterocycles. The molecule has 3 aromatic rings. The van der Waals surface area contributed by atoms with Gasteiger partial charge in [-0.25, -0.2) is 0 Å². The lowest BCUT2D eigenvalue weighted by Crippen LogP contribution is -1.84. The number of phenols is 2. The molecule has 0 unspecified atom stereocenters. The van der Waals surface area contributed by atoms with E-state index in [-0.39, 0.29) is 17.4 Å². The highest BCUT2D eigenvalue weighted by Gasteiger charge is 2.14. The van der Waals surface area contributed by atoms with E-state index in [1.807, 2.05) is 12.1 Å². The molecule has 0 aliphatic rings. The maximum Gasteiger partial charge on any atom is 0.262 e. The zero-order chi connectivity index (χ0) is 14.8. The summed E-state index contributed by atoms with van der Waals surface area (Å²) >= 11 is 0. The highest BCUT2D eigenvalue weighted by atomic mass is 16.5. The Hall–Kier alpha value is -3.02. The Balaban J connectivity index is 1.95. The fraction of sp³-hybridized carbons (Fsp3) is 0.0667. The van der Waals surface area contributed by atoms with Gasteiger partial charge in [0.2, 0.25) is 5.82 Å². The van der Waals surface area contributed by atoms with E-state index in [9.17, 15) is 10.2 Å². The topological polar surface area (TPSA) is 88.6 Å². The minimum Gasteiger partial charge on any atom is -0.508 e. The van der Waals surface area contributed by atoms with E-state index in [4.69, 9.17) is 9.26 Å².